The topological polar surface area (TPSA) is 57.2 Å². The molecule has 13 heavy (non-hydrogen) atoms. The molecule has 1 aromatic rings. The summed E-state index contributed by atoms with van der Waals surface area (Å²) < 4.78 is 3.45. The summed E-state index contributed by atoms with van der Waals surface area (Å²) in [7, 11) is 0. The minimum atomic E-state index is -0.493. The Labute approximate surface area is 79.4 Å². The van der Waals surface area contributed by atoms with Gasteiger partial charge in [0.05, 0.1) is 4.92 Å². The predicted molar refractivity (Wildman–Crippen MR) is 52.5 cm³/mol. The van der Waals surface area contributed by atoms with Gasteiger partial charge in [-0.3, -0.25) is 10.1 Å². The molecule has 0 unspecified atom stereocenters. The molecule has 0 saturated carbocycles. The maximum absolute atomic E-state index is 10.5. The van der Waals surface area contributed by atoms with E-state index in [0.717, 1.165) is 0 Å². The third-order valence-electron chi connectivity index (χ3n) is 1.42. The number of benzene rings is 1. The van der Waals surface area contributed by atoms with E-state index >= 15 is 0 Å². The van der Waals surface area contributed by atoms with Crippen molar-refractivity contribution >= 4 is 30.2 Å². The summed E-state index contributed by atoms with van der Waals surface area (Å²) >= 11 is 5.65. The van der Waals surface area contributed by atoms with Crippen molar-refractivity contribution in [2.75, 3.05) is 0 Å². The van der Waals surface area contributed by atoms with Crippen LogP contribution < -0.4 is 4.67 Å². The summed E-state index contributed by atoms with van der Waals surface area (Å²) in [4.78, 5) is 10.00. The van der Waals surface area contributed by atoms with E-state index in [0.29, 0.717) is 10.6 Å². The van der Waals surface area contributed by atoms with Crippen LogP contribution in [0.2, 0.25) is 5.02 Å². The lowest BCUT2D eigenvalue weighted by Crippen LogP contribution is -1.95. The number of nitro benzene ring substituents is 1. The summed E-state index contributed by atoms with van der Waals surface area (Å²) in [6.07, 6.45) is 1.30. The third kappa shape index (κ3) is 2.15. The van der Waals surface area contributed by atoms with Crippen LogP contribution in [0.5, 0.6) is 0 Å². The van der Waals surface area contributed by atoms with Gasteiger partial charge in [-0.05, 0) is 12.1 Å². The second kappa shape index (κ2) is 3.85. The first kappa shape index (κ1) is 9.45. The molecule has 0 bridgehead atoms. The first-order valence-corrected chi connectivity index (χ1v) is 3.76. The summed E-state index contributed by atoms with van der Waals surface area (Å²) in [6, 6.07) is 4.26. The number of hydrogen-bond donors (Lipinski definition) is 0. The Morgan fingerprint density at radius 1 is 1.62 bits per heavy atom. The van der Waals surface area contributed by atoms with E-state index < -0.39 is 4.92 Å². The number of hydrogen-bond acceptors (Lipinski definition) is 2. The molecule has 0 spiro atoms. The van der Waals surface area contributed by atoms with Crippen LogP contribution in [0.25, 0.3) is 0 Å². The van der Waals surface area contributed by atoms with E-state index in [1.807, 2.05) is 0 Å². The van der Waals surface area contributed by atoms with Gasteiger partial charge in [0.2, 0.25) is 0 Å². The highest BCUT2D eigenvalue weighted by Gasteiger charge is 2.14. The normalized spacial score (nSPS) is 9.00. The van der Waals surface area contributed by atoms with Crippen LogP contribution in [0.15, 0.2) is 18.2 Å². The second-order valence-corrected chi connectivity index (χ2v) is 2.71. The van der Waals surface area contributed by atoms with Crippen LogP contribution in [-0.4, -0.2) is 17.9 Å². The van der Waals surface area contributed by atoms with Gasteiger partial charge < -0.3 is 0 Å². The molecule has 1 aromatic carbocycles. The Balaban J connectivity index is 3.34. The molecule has 5 heteroatoms. The van der Waals surface area contributed by atoms with Crippen molar-refractivity contribution in [1.29, 1.82) is 0 Å². The van der Waals surface area contributed by atoms with Crippen LogP contribution in [0.3, 0.4) is 0 Å². The van der Waals surface area contributed by atoms with Crippen molar-refractivity contribution < 1.29 is 4.92 Å². The molecule has 0 N–H and O–H groups in total. The number of rotatable bonds is 2. The minimum Gasteiger partial charge on any atom is -0.258 e. The van der Waals surface area contributed by atoms with Crippen LogP contribution >= 0.6 is 11.6 Å². The molecule has 0 aliphatic heterocycles. The first-order valence-electron chi connectivity index (χ1n) is 3.38. The van der Waals surface area contributed by atoms with E-state index in [1.165, 1.54) is 24.4 Å². The van der Waals surface area contributed by atoms with Crippen LogP contribution in [0.1, 0.15) is 5.56 Å². The number of nitro groups is 1. The molecule has 0 atom stereocenters. The molecule has 0 aliphatic carbocycles. The fraction of sp³-hybridized carbons (Fsp3) is 0. The van der Waals surface area contributed by atoms with Gasteiger partial charge in [-0.1, -0.05) is 11.6 Å². The standard InChI is InChI=1S/C8H6ClN2O2/c1-10-5-6-4-7(9)2-3-8(6)11(12)13/h2-5H,1H2/q+1. The Bertz CT molecular complexity index is 397. The fourth-order valence-electron chi connectivity index (χ4n) is 0.893. The van der Waals surface area contributed by atoms with Crippen LogP contribution in [0.4, 0.5) is 5.69 Å². The van der Waals surface area contributed by atoms with Gasteiger partial charge >= 0.3 is 6.21 Å². The average Bonchev–Trinajstić information content (AvgIpc) is 2.04. The zero-order valence-electron chi connectivity index (χ0n) is 6.61. The Hall–Kier alpha value is -1.64. The average molecular weight is 198 g/mol. The zero-order valence-corrected chi connectivity index (χ0v) is 7.36. The lowest BCUT2D eigenvalue weighted by atomic mass is 10.2. The van der Waals surface area contributed by atoms with Gasteiger partial charge in [0.1, 0.15) is 5.56 Å². The third-order valence-corrected chi connectivity index (χ3v) is 1.65. The van der Waals surface area contributed by atoms with E-state index in [2.05, 4.69) is 11.4 Å². The number of halogens is 1. The molecule has 0 amide bonds. The van der Waals surface area contributed by atoms with Gasteiger partial charge in [0, 0.05) is 11.1 Å². The molecule has 1 rings (SSSR count). The molecule has 66 valence electrons. The van der Waals surface area contributed by atoms with Crippen molar-refractivity contribution in [3.63, 3.8) is 0 Å². The monoisotopic (exact) mass is 197 g/mol. The quantitative estimate of drug-likeness (QED) is 0.312. The van der Waals surface area contributed by atoms with E-state index in [9.17, 15) is 10.1 Å². The van der Waals surface area contributed by atoms with Crippen LogP contribution in [-0.2, 0) is 0 Å². The minimum absolute atomic E-state index is 0.0307. The highest BCUT2D eigenvalue weighted by molar-refractivity contribution is 6.31. The van der Waals surface area contributed by atoms with E-state index in [1.54, 1.807) is 0 Å². The summed E-state index contributed by atoms with van der Waals surface area (Å²) in [5.74, 6) is 0. The number of nitrogens with zero attached hydrogens (tertiary/aromatic N) is 2. The van der Waals surface area contributed by atoms with Gasteiger partial charge in [-0.2, -0.15) is 0 Å². The molecule has 0 aromatic heterocycles. The molecule has 0 aliphatic rings. The summed E-state index contributed by atoms with van der Waals surface area (Å²) in [5, 5.41) is 10.9. The lowest BCUT2D eigenvalue weighted by molar-refractivity contribution is -0.385. The SMILES string of the molecule is C=[N+]=Cc1cc(Cl)ccc1[N+](=O)[O-]. The van der Waals surface area contributed by atoms with Gasteiger partial charge in [0.25, 0.3) is 12.4 Å². The van der Waals surface area contributed by atoms with Crippen molar-refractivity contribution in [2.24, 2.45) is 0 Å². The fourth-order valence-corrected chi connectivity index (χ4v) is 1.07. The zero-order chi connectivity index (χ0) is 9.84. The maximum atomic E-state index is 10.5. The van der Waals surface area contributed by atoms with E-state index in [4.69, 9.17) is 11.6 Å². The van der Waals surface area contributed by atoms with Gasteiger partial charge in [-0.15, -0.1) is 4.67 Å². The van der Waals surface area contributed by atoms with Crippen molar-refractivity contribution in [3.8, 4) is 0 Å². The Morgan fingerprint density at radius 2 is 2.31 bits per heavy atom. The Morgan fingerprint density at radius 3 is 2.85 bits per heavy atom. The largest absolute Gasteiger partial charge is 0.305 e. The van der Waals surface area contributed by atoms with E-state index in [-0.39, 0.29) is 5.69 Å². The van der Waals surface area contributed by atoms with Crippen molar-refractivity contribution in [2.45, 2.75) is 0 Å². The Kier molecular flexibility index (Phi) is 2.80. The van der Waals surface area contributed by atoms with Crippen molar-refractivity contribution in [3.05, 3.63) is 38.9 Å². The van der Waals surface area contributed by atoms with Gasteiger partial charge in [0.15, 0.2) is 0 Å². The molecular formula is C8H6ClN2O2+. The lowest BCUT2D eigenvalue weighted by Gasteiger charge is -1.93. The predicted octanol–water partition coefficient (Wildman–Crippen LogP) is 1.43. The molecule has 0 saturated heterocycles. The summed E-state index contributed by atoms with van der Waals surface area (Å²) in [5.41, 5.74) is 0.323. The highest BCUT2D eigenvalue weighted by atomic mass is 35.5. The van der Waals surface area contributed by atoms with Crippen LogP contribution in [0, 0.1) is 10.1 Å². The second-order valence-electron chi connectivity index (χ2n) is 2.27. The first-order chi connectivity index (χ1) is 6.15. The van der Waals surface area contributed by atoms with Gasteiger partial charge in [-0.25, -0.2) is 0 Å². The molecule has 0 heterocycles. The molecule has 4 nitrogen and oxygen atoms in total. The smallest absolute Gasteiger partial charge is 0.258 e. The van der Waals surface area contributed by atoms with Crippen molar-refractivity contribution in [1.82, 2.24) is 4.67 Å². The molecule has 0 radical (unpaired) electrons. The highest BCUT2D eigenvalue weighted by Crippen LogP contribution is 2.20. The molecule has 0 fully saturated rings. The molecular weight excluding hydrogens is 192 g/mol. The maximum Gasteiger partial charge on any atom is 0.305 e. The summed E-state index contributed by atoms with van der Waals surface area (Å²) in [6.45, 7) is 3.21.